The van der Waals surface area contributed by atoms with E-state index in [1.54, 1.807) is 18.3 Å². The van der Waals surface area contributed by atoms with Gasteiger partial charge in [-0.2, -0.15) is 0 Å². The van der Waals surface area contributed by atoms with Crippen molar-refractivity contribution >= 4 is 34.6 Å². The molecule has 0 fully saturated rings. The molecule has 1 aromatic carbocycles. The van der Waals surface area contributed by atoms with Crippen molar-refractivity contribution in [2.45, 2.75) is 37.5 Å². The lowest BCUT2D eigenvalue weighted by Gasteiger charge is -2.40. The molecule has 0 saturated carbocycles. The molecule has 4 nitrogen and oxygen atoms in total. The zero-order chi connectivity index (χ0) is 18.2. The van der Waals surface area contributed by atoms with E-state index >= 15 is 0 Å². The number of nitrogens with zero attached hydrogens (tertiary/aromatic N) is 1. The summed E-state index contributed by atoms with van der Waals surface area (Å²) in [7, 11) is 0. The number of pyridine rings is 1. The van der Waals surface area contributed by atoms with Crippen LogP contribution in [0.15, 0.2) is 36.5 Å². The molecule has 2 heterocycles. The minimum atomic E-state index is -1.32. The predicted octanol–water partition coefficient (Wildman–Crippen LogP) is 4.47. The van der Waals surface area contributed by atoms with Crippen molar-refractivity contribution in [2.24, 2.45) is 0 Å². The van der Waals surface area contributed by atoms with Crippen LogP contribution in [0.25, 0.3) is 0 Å². The molecule has 7 heteroatoms. The van der Waals surface area contributed by atoms with Gasteiger partial charge in [-0.05, 0) is 50.6 Å². The van der Waals surface area contributed by atoms with Gasteiger partial charge in [0.25, 0.3) is 0 Å². The fraction of sp³-hybridized carbons (Fsp3) is 0.389. The maximum atomic E-state index is 12.9. The summed E-state index contributed by atoms with van der Waals surface area (Å²) in [5, 5.41) is 0.927. The van der Waals surface area contributed by atoms with E-state index in [1.165, 1.54) is 0 Å². The number of ether oxygens (including phenoxy) is 1. The summed E-state index contributed by atoms with van der Waals surface area (Å²) < 4.78 is 21.6. The van der Waals surface area contributed by atoms with Gasteiger partial charge < -0.3 is 9.29 Å². The molecule has 2 atom stereocenters. The Morgan fingerprint density at radius 3 is 2.68 bits per heavy atom. The summed E-state index contributed by atoms with van der Waals surface area (Å²) in [6.07, 6.45) is 2.29. The first kappa shape index (κ1) is 18.8. The molecular formula is C18H20Cl2N2O2S. The third-order valence-electron chi connectivity index (χ3n) is 4.15. The fourth-order valence-corrected chi connectivity index (χ4v) is 4.01. The number of hydrogen-bond donors (Lipinski definition) is 1. The highest BCUT2D eigenvalue weighted by Gasteiger charge is 2.47. The van der Waals surface area contributed by atoms with E-state index in [4.69, 9.17) is 27.9 Å². The Balaban J connectivity index is 2.18. The molecule has 1 N–H and O–H groups in total. The van der Waals surface area contributed by atoms with E-state index in [0.29, 0.717) is 34.5 Å². The molecular weight excluding hydrogens is 379 g/mol. The quantitative estimate of drug-likeness (QED) is 0.774. The van der Waals surface area contributed by atoms with Gasteiger partial charge in [0.15, 0.2) is 0 Å². The van der Waals surface area contributed by atoms with Gasteiger partial charge in [0, 0.05) is 24.0 Å². The summed E-state index contributed by atoms with van der Waals surface area (Å²) in [6, 6.07) is 9.14. The van der Waals surface area contributed by atoms with Gasteiger partial charge in [-0.25, -0.2) is 0 Å². The van der Waals surface area contributed by atoms with Gasteiger partial charge in [0.05, 0.1) is 16.7 Å². The molecule has 134 valence electrons. The lowest BCUT2D eigenvalue weighted by Crippen LogP contribution is -2.54. The number of benzene rings is 1. The van der Waals surface area contributed by atoms with E-state index in [-0.39, 0.29) is 0 Å². The van der Waals surface area contributed by atoms with E-state index in [2.05, 4.69) is 9.71 Å². The SMILES string of the molecule is CC(C)(C)[S+]([O-])NC1(c2ccc(Cl)c(Cl)c2)CCOc2cccnc21. The Morgan fingerprint density at radius 1 is 1.24 bits per heavy atom. The van der Waals surface area contributed by atoms with Gasteiger partial charge in [-0.1, -0.05) is 29.3 Å². The number of nitrogens with one attached hydrogen (secondary N) is 1. The monoisotopic (exact) mass is 398 g/mol. The summed E-state index contributed by atoms with van der Waals surface area (Å²) in [6.45, 7) is 6.26. The normalized spacial score (nSPS) is 21.4. The molecule has 2 aromatic rings. The van der Waals surface area contributed by atoms with Crippen LogP contribution in [-0.4, -0.2) is 20.9 Å². The highest BCUT2D eigenvalue weighted by molar-refractivity contribution is 7.90. The maximum Gasteiger partial charge on any atom is 0.143 e. The van der Waals surface area contributed by atoms with Crippen molar-refractivity contribution < 1.29 is 9.29 Å². The van der Waals surface area contributed by atoms with E-state index in [0.717, 1.165) is 5.56 Å². The third kappa shape index (κ3) is 3.62. The number of aromatic nitrogens is 1. The molecule has 2 unspecified atom stereocenters. The van der Waals surface area contributed by atoms with Crippen LogP contribution >= 0.6 is 23.2 Å². The Hall–Kier alpha value is -0.980. The predicted molar refractivity (Wildman–Crippen MR) is 103 cm³/mol. The first-order valence-corrected chi connectivity index (χ1v) is 9.88. The summed E-state index contributed by atoms with van der Waals surface area (Å²) in [4.78, 5) is 4.54. The van der Waals surface area contributed by atoms with Crippen molar-refractivity contribution in [1.82, 2.24) is 9.71 Å². The van der Waals surface area contributed by atoms with Crippen LogP contribution in [0.3, 0.4) is 0 Å². The third-order valence-corrected chi connectivity index (χ3v) is 6.53. The highest BCUT2D eigenvalue weighted by atomic mass is 35.5. The minimum Gasteiger partial charge on any atom is -0.598 e. The van der Waals surface area contributed by atoms with Gasteiger partial charge in [-0.15, -0.1) is 4.72 Å². The number of rotatable bonds is 3. The average Bonchev–Trinajstić information content (AvgIpc) is 2.56. The van der Waals surface area contributed by atoms with E-state index < -0.39 is 21.6 Å². The summed E-state index contributed by atoms with van der Waals surface area (Å²) >= 11 is 11.0. The van der Waals surface area contributed by atoms with Crippen LogP contribution in [0.1, 0.15) is 38.4 Å². The maximum absolute atomic E-state index is 12.9. The second-order valence-electron chi connectivity index (χ2n) is 6.97. The largest absolute Gasteiger partial charge is 0.598 e. The van der Waals surface area contributed by atoms with Crippen LogP contribution in [0.4, 0.5) is 0 Å². The lowest BCUT2D eigenvalue weighted by molar-refractivity contribution is 0.221. The second-order valence-corrected chi connectivity index (χ2v) is 9.75. The van der Waals surface area contributed by atoms with E-state index in [1.807, 2.05) is 39.0 Å². The first-order valence-electron chi connectivity index (χ1n) is 7.97. The molecule has 1 aliphatic rings. The van der Waals surface area contributed by atoms with Gasteiger partial charge in [-0.3, -0.25) is 4.98 Å². The molecule has 25 heavy (non-hydrogen) atoms. The zero-order valence-electron chi connectivity index (χ0n) is 14.3. The Kier molecular flexibility index (Phi) is 5.24. The molecule has 1 aromatic heterocycles. The molecule has 0 amide bonds. The van der Waals surface area contributed by atoms with Gasteiger partial charge in [0.2, 0.25) is 0 Å². The topological polar surface area (TPSA) is 57.2 Å². The molecule has 0 bridgehead atoms. The van der Waals surface area contributed by atoms with Crippen molar-refractivity contribution in [2.75, 3.05) is 6.61 Å². The van der Waals surface area contributed by atoms with Crippen molar-refractivity contribution in [1.29, 1.82) is 0 Å². The molecule has 1 aliphatic heterocycles. The lowest BCUT2D eigenvalue weighted by atomic mass is 9.82. The smallest absolute Gasteiger partial charge is 0.143 e. The second kappa shape index (κ2) is 6.97. The average molecular weight is 399 g/mol. The van der Waals surface area contributed by atoms with Gasteiger partial charge >= 0.3 is 0 Å². The molecule has 3 rings (SSSR count). The summed E-state index contributed by atoms with van der Waals surface area (Å²) in [5.74, 6) is 0.679. The standard InChI is InChI=1S/C18H20Cl2N2O2S/c1-17(2,3)25(23)22-18(12-6-7-13(19)14(20)11-12)8-10-24-15-5-4-9-21-16(15)18/h4-7,9,11,22H,8,10H2,1-3H3. The minimum absolute atomic E-state index is 0.434. The number of hydrogen-bond acceptors (Lipinski definition) is 4. The molecule has 0 saturated heterocycles. The Labute approximate surface area is 161 Å². The van der Waals surface area contributed by atoms with E-state index in [9.17, 15) is 4.55 Å². The van der Waals surface area contributed by atoms with Crippen molar-refractivity contribution in [3.05, 3.63) is 57.8 Å². The molecule has 0 spiro atoms. The van der Waals surface area contributed by atoms with Crippen LogP contribution in [-0.2, 0) is 16.9 Å². The Morgan fingerprint density at radius 2 is 2.00 bits per heavy atom. The zero-order valence-corrected chi connectivity index (χ0v) is 16.6. The number of fused-ring (bicyclic) bond motifs is 1. The van der Waals surface area contributed by atoms with Gasteiger partial charge in [0.1, 0.15) is 21.7 Å². The van der Waals surface area contributed by atoms with Crippen LogP contribution in [0.2, 0.25) is 10.0 Å². The fourth-order valence-electron chi connectivity index (χ4n) is 2.77. The van der Waals surface area contributed by atoms with Crippen LogP contribution in [0.5, 0.6) is 5.75 Å². The van der Waals surface area contributed by atoms with Crippen LogP contribution < -0.4 is 9.46 Å². The van der Waals surface area contributed by atoms with Crippen molar-refractivity contribution in [3.8, 4) is 5.75 Å². The molecule has 0 radical (unpaired) electrons. The molecule has 0 aliphatic carbocycles. The first-order chi connectivity index (χ1) is 11.7. The highest BCUT2D eigenvalue weighted by Crippen LogP contribution is 2.43. The van der Waals surface area contributed by atoms with Crippen molar-refractivity contribution in [3.63, 3.8) is 0 Å². The number of halogens is 2. The summed E-state index contributed by atoms with van der Waals surface area (Å²) in [5.41, 5.74) is 0.807. The Bertz CT molecular complexity index is 782. The van der Waals surface area contributed by atoms with Crippen LogP contribution in [0, 0.1) is 0 Å².